The molecule has 0 aromatic heterocycles. The number of benzene rings is 2. The largest absolute Gasteiger partial charge is 0.325 e. The lowest BCUT2D eigenvalue weighted by atomic mass is 10.2. The molecule has 5 nitrogen and oxygen atoms in total. The van der Waals surface area contributed by atoms with E-state index in [-0.39, 0.29) is 10.5 Å². The molecule has 0 radical (unpaired) electrons. The molecule has 1 aliphatic rings. The summed E-state index contributed by atoms with van der Waals surface area (Å²) in [6.45, 7) is -0.429. The molecular weight excluding hydrogens is 379 g/mol. The zero-order chi connectivity index (χ0) is 18.7. The van der Waals surface area contributed by atoms with Crippen LogP contribution in [0.4, 0.5) is 14.9 Å². The normalized spacial score (nSPS) is 15.6. The van der Waals surface area contributed by atoms with Gasteiger partial charge in [-0.15, -0.1) is 0 Å². The average Bonchev–Trinajstić information content (AvgIpc) is 2.86. The molecule has 1 saturated heterocycles. The summed E-state index contributed by atoms with van der Waals surface area (Å²) < 4.78 is 13.7. The van der Waals surface area contributed by atoms with Gasteiger partial charge in [0.15, 0.2) is 0 Å². The molecule has 2 aromatic carbocycles. The van der Waals surface area contributed by atoms with Crippen molar-refractivity contribution in [2.75, 3.05) is 11.9 Å². The Balaban J connectivity index is 1.70. The Morgan fingerprint density at radius 1 is 1.15 bits per heavy atom. The predicted octanol–water partition coefficient (Wildman–Crippen LogP) is 4.15. The summed E-state index contributed by atoms with van der Waals surface area (Å²) in [5.74, 6) is -1.66. The van der Waals surface area contributed by atoms with Crippen LogP contribution in [0.5, 0.6) is 0 Å². The predicted molar refractivity (Wildman–Crippen MR) is 99.2 cm³/mol. The topological polar surface area (TPSA) is 66.5 Å². The number of thioether (sulfide) groups is 1. The molecule has 8 heteroatoms. The van der Waals surface area contributed by atoms with Gasteiger partial charge in [0.05, 0.1) is 4.91 Å². The van der Waals surface area contributed by atoms with E-state index in [1.54, 1.807) is 30.3 Å². The van der Waals surface area contributed by atoms with E-state index < -0.39 is 29.4 Å². The second-order valence-corrected chi connectivity index (χ2v) is 6.77. The zero-order valence-electron chi connectivity index (χ0n) is 13.2. The van der Waals surface area contributed by atoms with E-state index in [0.29, 0.717) is 22.5 Å². The number of anilines is 1. The number of carbonyl (C=O) groups is 3. The number of carbonyl (C=O) groups excluding carboxylic acids is 3. The minimum Gasteiger partial charge on any atom is -0.325 e. The smallest absolute Gasteiger partial charge is 0.294 e. The van der Waals surface area contributed by atoms with Crippen LogP contribution in [0.3, 0.4) is 0 Å². The third-order valence-electron chi connectivity index (χ3n) is 3.50. The number of rotatable bonds is 4. The van der Waals surface area contributed by atoms with Crippen LogP contribution < -0.4 is 5.32 Å². The molecule has 0 saturated carbocycles. The summed E-state index contributed by atoms with van der Waals surface area (Å²) in [6.07, 6.45) is 1.30. The number of halogens is 2. The van der Waals surface area contributed by atoms with Gasteiger partial charge in [0.2, 0.25) is 5.91 Å². The third-order valence-corrected chi connectivity index (χ3v) is 4.65. The molecule has 0 spiro atoms. The SMILES string of the molecule is O=C(CN1C(=O)S/C(=C\c2ccccc2F)C1=O)Nc1ccc(Cl)cc1. The number of nitrogens with zero attached hydrogens (tertiary/aromatic N) is 1. The molecule has 0 atom stereocenters. The highest BCUT2D eigenvalue weighted by Gasteiger charge is 2.36. The molecule has 0 unspecified atom stereocenters. The van der Waals surface area contributed by atoms with E-state index in [1.807, 2.05) is 0 Å². The van der Waals surface area contributed by atoms with Gasteiger partial charge >= 0.3 is 0 Å². The van der Waals surface area contributed by atoms with Crippen molar-refractivity contribution in [2.24, 2.45) is 0 Å². The Morgan fingerprint density at radius 3 is 2.54 bits per heavy atom. The van der Waals surface area contributed by atoms with Crippen LogP contribution in [0.15, 0.2) is 53.4 Å². The summed E-state index contributed by atoms with van der Waals surface area (Å²) in [4.78, 5) is 37.4. The maximum Gasteiger partial charge on any atom is 0.294 e. The van der Waals surface area contributed by atoms with Crippen LogP contribution in [0.2, 0.25) is 5.02 Å². The van der Waals surface area contributed by atoms with E-state index in [0.717, 1.165) is 4.90 Å². The second kappa shape index (κ2) is 7.72. The summed E-state index contributed by atoms with van der Waals surface area (Å²) >= 11 is 6.44. The van der Waals surface area contributed by atoms with Gasteiger partial charge in [0.1, 0.15) is 12.4 Å². The first-order valence-electron chi connectivity index (χ1n) is 7.49. The van der Waals surface area contributed by atoms with E-state index in [2.05, 4.69) is 5.32 Å². The average molecular weight is 391 g/mol. The van der Waals surface area contributed by atoms with Crippen molar-refractivity contribution in [3.63, 3.8) is 0 Å². The minimum atomic E-state index is -0.630. The first kappa shape index (κ1) is 18.2. The van der Waals surface area contributed by atoms with Crippen LogP contribution in [-0.2, 0) is 9.59 Å². The van der Waals surface area contributed by atoms with E-state index in [9.17, 15) is 18.8 Å². The molecule has 3 rings (SSSR count). The Kier molecular flexibility index (Phi) is 5.39. The fourth-order valence-corrected chi connectivity index (χ4v) is 3.20. The van der Waals surface area contributed by atoms with Crippen molar-refractivity contribution in [2.45, 2.75) is 0 Å². The zero-order valence-corrected chi connectivity index (χ0v) is 14.8. The van der Waals surface area contributed by atoms with E-state index >= 15 is 0 Å². The summed E-state index contributed by atoms with van der Waals surface area (Å²) in [6, 6.07) is 12.3. The highest BCUT2D eigenvalue weighted by atomic mass is 35.5. The van der Waals surface area contributed by atoms with Gasteiger partial charge < -0.3 is 5.32 Å². The van der Waals surface area contributed by atoms with Gasteiger partial charge in [-0.2, -0.15) is 0 Å². The van der Waals surface area contributed by atoms with E-state index in [1.165, 1.54) is 24.3 Å². The van der Waals surface area contributed by atoms with Crippen molar-refractivity contribution in [1.29, 1.82) is 0 Å². The number of nitrogens with one attached hydrogen (secondary N) is 1. The van der Waals surface area contributed by atoms with Gasteiger partial charge in [-0.05, 0) is 48.2 Å². The number of amides is 3. The van der Waals surface area contributed by atoms with Gasteiger partial charge in [0.25, 0.3) is 11.1 Å². The first-order valence-corrected chi connectivity index (χ1v) is 8.69. The lowest BCUT2D eigenvalue weighted by Crippen LogP contribution is -2.36. The van der Waals surface area contributed by atoms with Crippen molar-refractivity contribution >= 4 is 52.2 Å². The number of hydrogen-bond acceptors (Lipinski definition) is 4. The molecule has 2 aromatic rings. The van der Waals surface area contributed by atoms with Crippen LogP contribution in [0.25, 0.3) is 6.08 Å². The van der Waals surface area contributed by atoms with Crippen LogP contribution in [0, 0.1) is 5.82 Å². The highest BCUT2D eigenvalue weighted by molar-refractivity contribution is 8.18. The van der Waals surface area contributed by atoms with Crippen LogP contribution in [-0.4, -0.2) is 28.5 Å². The quantitative estimate of drug-likeness (QED) is 0.796. The summed E-state index contributed by atoms with van der Waals surface area (Å²) in [5.41, 5.74) is 0.692. The van der Waals surface area contributed by atoms with Gasteiger partial charge in [-0.25, -0.2) is 4.39 Å². The molecule has 3 amide bonds. The lowest BCUT2D eigenvalue weighted by Gasteiger charge is -2.12. The third kappa shape index (κ3) is 4.12. The molecule has 26 heavy (non-hydrogen) atoms. The molecule has 1 fully saturated rings. The maximum absolute atomic E-state index is 13.7. The molecule has 1 N–H and O–H groups in total. The molecular formula is C18H12ClFN2O3S. The monoisotopic (exact) mass is 390 g/mol. The molecule has 1 heterocycles. The minimum absolute atomic E-state index is 0.0689. The van der Waals surface area contributed by atoms with Crippen molar-refractivity contribution in [3.05, 3.63) is 69.8 Å². The first-order chi connectivity index (χ1) is 12.4. The Bertz CT molecular complexity index is 915. The van der Waals surface area contributed by atoms with Crippen molar-refractivity contribution in [3.8, 4) is 0 Å². The van der Waals surface area contributed by atoms with Crippen LogP contribution >= 0.6 is 23.4 Å². The molecule has 132 valence electrons. The van der Waals surface area contributed by atoms with Gasteiger partial charge in [-0.1, -0.05) is 29.8 Å². The van der Waals surface area contributed by atoms with Gasteiger partial charge in [-0.3, -0.25) is 19.3 Å². The molecule has 0 aliphatic carbocycles. The van der Waals surface area contributed by atoms with Gasteiger partial charge in [0, 0.05) is 16.3 Å². The lowest BCUT2D eigenvalue weighted by molar-refractivity contribution is -0.127. The summed E-state index contributed by atoms with van der Waals surface area (Å²) in [5, 5.41) is 2.52. The Morgan fingerprint density at radius 2 is 1.85 bits per heavy atom. The molecule has 1 aliphatic heterocycles. The van der Waals surface area contributed by atoms with Crippen molar-refractivity contribution in [1.82, 2.24) is 4.90 Å². The Hall–Kier alpha value is -2.64. The number of imide groups is 1. The van der Waals surface area contributed by atoms with Crippen molar-refractivity contribution < 1.29 is 18.8 Å². The fourth-order valence-electron chi connectivity index (χ4n) is 2.25. The maximum atomic E-state index is 13.7. The Labute approximate surface area is 157 Å². The number of hydrogen-bond donors (Lipinski definition) is 1. The van der Waals surface area contributed by atoms with E-state index in [4.69, 9.17) is 11.6 Å². The second-order valence-electron chi connectivity index (χ2n) is 5.34. The molecule has 0 bridgehead atoms. The van der Waals surface area contributed by atoms with Crippen LogP contribution in [0.1, 0.15) is 5.56 Å². The standard InChI is InChI=1S/C18H12ClFN2O3S/c19-12-5-7-13(8-6-12)21-16(23)10-22-17(24)15(26-18(22)25)9-11-3-1-2-4-14(11)20/h1-9H,10H2,(H,21,23)/b15-9-. The highest BCUT2D eigenvalue weighted by Crippen LogP contribution is 2.32. The fraction of sp³-hybridized carbons (Fsp3) is 0.0556. The summed E-state index contributed by atoms with van der Waals surface area (Å²) in [7, 11) is 0.